The number of phosphoric ester groups is 2. The molecule has 5 unspecified atom stereocenters. The van der Waals surface area contributed by atoms with E-state index in [4.69, 9.17) is 32.3 Å². The molecule has 0 aromatic rings. The minimum atomic E-state index is -4.92. The number of carbonyl (C=O) groups excluding carboxylic acids is 3. The molecule has 0 saturated carbocycles. The van der Waals surface area contributed by atoms with Crippen LogP contribution in [0, 0.1) is 0 Å². The molecule has 0 aliphatic heterocycles. The number of esters is 3. The van der Waals surface area contributed by atoms with Crippen molar-refractivity contribution in [1.82, 2.24) is 0 Å². The van der Waals surface area contributed by atoms with Crippen LogP contribution in [0.3, 0.4) is 0 Å². The predicted molar refractivity (Wildman–Crippen MR) is 334 cm³/mol. The quantitative estimate of drug-likeness (QED) is 0.0146. The highest BCUT2D eigenvalue weighted by Gasteiger charge is 2.29. The molecule has 0 rings (SSSR count). The monoisotopic (exact) mass is 1210 g/mol. The first-order valence-corrected chi connectivity index (χ1v) is 34.5. The van der Waals surface area contributed by atoms with Crippen LogP contribution >= 0.6 is 15.6 Å². The second kappa shape index (κ2) is 58.8. The maximum absolute atomic E-state index is 12.9. The first-order valence-electron chi connectivity index (χ1n) is 31.5. The standard InChI is InChI=1S/C65H112O16P2/c1-4-7-10-13-16-19-22-25-27-29-31-34-36-39-42-45-48-51-63(68)75-54-60(66)55-77-82(71,72)78-56-61(67)57-79-83(73,74)80-59-62(81-65(70)53-50-47-44-41-38-33-24-21-18-15-12-9-6-3)58-76-64(69)52-49-46-43-40-37-35-32-30-28-26-23-20-17-14-11-8-5-2/h7-8,10-11,16-17,19-21,24-28,31,34,60-62,66-67H,4-6,9,12-15,18,22-23,29-30,32-33,35-59H2,1-3H3,(H,71,72)(H,73,74)/b10-7-,11-8-,19-16-,20-17-,24-21-,27-25-,28-26-,34-31-. The molecular weight excluding hydrogens is 1100 g/mol. The molecule has 4 N–H and O–H groups in total. The van der Waals surface area contributed by atoms with E-state index in [1.807, 2.05) is 0 Å². The van der Waals surface area contributed by atoms with Crippen LogP contribution < -0.4 is 0 Å². The van der Waals surface area contributed by atoms with Crippen LogP contribution in [0.5, 0.6) is 0 Å². The molecule has 0 amide bonds. The summed E-state index contributed by atoms with van der Waals surface area (Å²) in [7, 11) is -9.78. The summed E-state index contributed by atoms with van der Waals surface area (Å²) >= 11 is 0. The van der Waals surface area contributed by atoms with Gasteiger partial charge in [0.25, 0.3) is 0 Å². The molecule has 83 heavy (non-hydrogen) atoms. The number of allylic oxidation sites excluding steroid dienone is 16. The molecule has 0 aromatic carbocycles. The normalized spacial score (nSPS) is 15.0. The van der Waals surface area contributed by atoms with Crippen molar-refractivity contribution in [2.24, 2.45) is 0 Å². The molecule has 0 heterocycles. The second-order valence-electron chi connectivity index (χ2n) is 20.8. The molecule has 5 atom stereocenters. The molecule has 0 saturated heterocycles. The van der Waals surface area contributed by atoms with E-state index in [9.17, 15) is 43.5 Å². The highest BCUT2D eigenvalue weighted by Crippen LogP contribution is 2.45. The number of aliphatic hydroxyl groups excluding tert-OH is 2. The number of rotatable bonds is 59. The van der Waals surface area contributed by atoms with Crippen LogP contribution in [0.25, 0.3) is 0 Å². The first kappa shape index (κ1) is 79.5. The van der Waals surface area contributed by atoms with E-state index in [0.717, 1.165) is 154 Å². The van der Waals surface area contributed by atoms with Crippen LogP contribution in [0.1, 0.15) is 239 Å². The molecule has 16 nitrogen and oxygen atoms in total. The number of hydrogen-bond donors (Lipinski definition) is 4. The Kier molecular flexibility index (Phi) is 56.3. The summed E-state index contributed by atoms with van der Waals surface area (Å²) in [6, 6.07) is 0. The Bertz CT molecular complexity index is 1910. The van der Waals surface area contributed by atoms with Crippen LogP contribution in [-0.2, 0) is 55.8 Å². The average Bonchev–Trinajstić information content (AvgIpc) is 3.46. The Morgan fingerprint density at radius 3 is 1.02 bits per heavy atom. The molecule has 0 aromatic heterocycles. The fourth-order valence-electron chi connectivity index (χ4n) is 7.98. The largest absolute Gasteiger partial charge is 0.472 e. The molecule has 18 heteroatoms. The SMILES string of the molecule is CC/C=C\C/C=C\C/C=C\C/C=C\CCCCCCC(=O)OCC(O)COP(=O)(O)OCC(O)COP(=O)(O)OCC(COC(=O)CCCCCCCCC/C=C\C/C=C\C/C=C\CC)OC(=O)CCCCCCC/C=C\CCCCCC. The Balaban J connectivity index is 4.71. The van der Waals surface area contributed by atoms with Crippen LogP contribution in [0.15, 0.2) is 97.2 Å². The summed E-state index contributed by atoms with van der Waals surface area (Å²) in [4.78, 5) is 58.2. The third-order valence-corrected chi connectivity index (χ3v) is 14.7. The van der Waals surface area contributed by atoms with E-state index in [-0.39, 0.29) is 19.3 Å². The second-order valence-corrected chi connectivity index (χ2v) is 23.7. The van der Waals surface area contributed by atoms with Crippen molar-refractivity contribution >= 4 is 33.6 Å². The first-order chi connectivity index (χ1) is 40.2. The number of aliphatic hydroxyl groups is 2. The van der Waals surface area contributed by atoms with Gasteiger partial charge in [-0.3, -0.25) is 32.5 Å². The lowest BCUT2D eigenvalue weighted by Crippen LogP contribution is -2.30. The van der Waals surface area contributed by atoms with E-state index in [1.165, 1.54) is 25.7 Å². The van der Waals surface area contributed by atoms with Gasteiger partial charge >= 0.3 is 33.6 Å². The van der Waals surface area contributed by atoms with Gasteiger partial charge in [-0.05, 0) is 116 Å². The van der Waals surface area contributed by atoms with Crippen LogP contribution in [0.2, 0.25) is 0 Å². The summed E-state index contributed by atoms with van der Waals surface area (Å²) in [5, 5.41) is 20.5. The number of ether oxygens (including phenoxy) is 3. The third-order valence-electron chi connectivity index (χ3n) is 12.8. The Hall–Kier alpha value is -3.53. The minimum absolute atomic E-state index is 0.0907. The zero-order valence-corrected chi connectivity index (χ0v) is 53.1. The molecule has 0 spiro atoms. The van der Waals surface area contributed by atoms with E-state index in [0.29, 0.717) is 19.3 Å². The Labute approximate surface area is 501 Å². The van der Waals surface area contributed by atoms with E-state index in [1.54, 1.807) is 0 Å². The van der Waals surface area contributed by atoms with Gasteiger partial charge < -0.3 is 34.2 Å². The fourth-order valence-corrected chi connectivity index (χ4v) is 9.57. The zero-order valence-electron chi connectivity index (χ0n) is 51.3. The van der Waals surface area contributed by atoms with Gasteiger partial charge in [0.05, 0.1) is 26.4 Å². The van der Waals surface area contributed by atoms with Gasteiger partial charge in [0.2, 0.25) is 0 Å². The van der Waals surface area contributed by atoms with E-state index in [2.05, 4.69) is 118 Å². The van der Waals surface area contributed by atoms with Crippen molar-refractivity contribution in [2.75, 3.05) is 39.6 Å². The molecule has 0 aliphatic carbocycles. The summed E-state index contributed by atoms with van der Waals surface area (Å²) in [5.41, 5.74) is 0. The summed E-state index contributed by atoms with van der Waals surface area (Å²) in [6.45, 7) is 2.36. The Morgan fingerprint density at radius 2 is 0.639 bits per heavy atom. The number of hydrogen-bond acceptors (Lipinski definition) is 14. The Morgan fingerprint density at radius 1 is 0.349 bits per heavy atom. The van der Waals surface area contributed by atoms with Gasteiger partial charge in [0.15, 0.2) is 6.10 Å². The summed E-state index contributed by atoms with van der Waals surface area (Å²) in [5.74, 6) is -1.62. The number of unbranched alkanes of at least 4 members (excludes halogenated alkanes) is 20. The molecule has 0 radical (unpaired) electrons. The van der Waals surface area contributed by atoms with Crippen molar-refractivity contribution in [3.8, 4) is 0 Å². The van der Waals surface area contributed by atoms with Crippen molar-refractivity contribution in [1.29, 1.82) is 0 Å². The molecule has 0 bridgehead atoms. The van der Waals surface area contributed by atoms with Crippen LogP contribution in [-0.4, -0.2) is 95.9 Å². The summed E-state index contributed by atoms with van der Waals surface area (Å²) in [6.07, 6.45) is 61.8. The maximum atomic E-state index is 12.9. The van der Waals surface area contributed by atoms with Crippen molar-refractivity contribution < 1.29 is 75.8 Å². The molecule has 478 valence electrons. The number of carbonyl (C=O) groups is 3. The maximum Gasteiger partial charge on any atom is 0.472 e. The topological polar surface area (TPSA) is 231 Å². The van der Waals surface area contributed by atoms with Crippen LogP contribution in [0.4, 0.5) is 0 Å². The lowest BCUT2D eigenvalue weighted by atomic mass is 10.1. The highest BCUT2D eigenvalue weighted by atomic mass is 31.2. The fraction of sp³-hybridized carbons (Fsp3) is 0.708. The van der Waals surface area contributed by atoms with Gasteiger partial charge in [0.1, 0.15) is 25.4 Å². The van der Waals surface area contributed by atoms with Crippen molar-refractivity contribution in [3.63, 3.8) is 0 Å². The van der Waals surface area contributed by atoms with Gasteiger partial charge in [-0.2, -0.15) is 0 Å². The lowest BCUT2D eigenvalue weighted by molar-refractivity contribution is -0.161. The van der Waals surface area contributed by atoms with Gasteiger partial charge in [0, 0.05) is 19.3 Å². The zero-order chi connectivity index (χ0) is 61.0. The summed E-state index contributed by atoms with van der Waals surface area (Å²) < 4.78 is 60.7. The molecular formula is C65H112O16P2. The van der Waals surface area contributed by atoms with E-state index < -0.39 is 91.5 Å². The van der Waals surface area contributed by atoms with E-state index >= 15 is 0 Å². The molecule has 0 aliphatic rings. The van der Waals surface area contributed by atoms with Gasteiger partial charge in [-0.25, -0.2) is 9.13 Å². The smallest absolute Gasteiger partial charge is 0.463 e. The lowest BCUT2D eigenvalue weighted by Gasteiger charge is -2.21. The van der Waals surface area contributed by atoms with Gasteiger partial charge in [-0.15, -0.1) is 0 Å². The van der Waals surface area contributed by atoms with Gasteiger partial charge in [-0.1, -0.05) is 201 Å². The third kappa shape index (κ3) is 60.0. The highest BCUT2D eigenvalue weighted by molar-refractivity contribution is 7.47. The molecule has 0 fully saturated rings. The minimum Gasteiger partial charge on any atom is -0.463 e. The predicted octanol–water partition coefficient (Wildman–Crippen LogP) is 16.7. The van der Waals surface area contributed by atoms with Crippen molar-refractivity contribution in [2.45, 2.75) is 257 Å². The number of phosphoric acid groups is 2. The average molecular weight is 1210 g/mol. The van der Waals surface area contributed by atoms with Crippen molar-refractivity contribution in [3.05, 3.63) is 97.2 Å².